The van der Waals surface area contributed by atoms with Crippen molar-refractivity contribution in [1.29, 1.82) is 0 Å². The Morgan fingerprint density at radius 2 is 1.81 bits per heavy atom. The summed E-state index contributed by atoms with van der Waals surface area (Å²) in [6.07, 6.45) is 6.84. The molecule has 1 saturated carbocycles. The molecule has 2 N–H and O–H groups in total. The lowest BCUT2D eigenvalue weighted by Crippen LogP contribution is -2.15. The van der Waals surface area contributed by atoms with E-state index in [4.69, 9.17) is 17.3 Å². The highest BCUT2D eigenvalue weighted by atomic mass is 35.5. The number of rotatable bonds is 4. The number of hydrogen-bond donors (Lipinski definition) is 1. The number of nitrogens with two attached hydrogens (primary N) is 1. The maximum atomic E-state index is 5.90. The summed E-state index contributed by atoms with van der Waals surface area (Å²) in [6.45, 7) is 0.748. The SMILES string of the molecule is NCC(CC1CCCC1)c1ccc(Cl)cc1. The molecule has 0 bridgehead atoms. The van der Waals surface area contributed by atoms with Gasteiger partial charge in [-0.15, -0.1) is 0 Å². The van der Waals surface area contributed by atoms with Gasteiger partial charge in [0.25, 0.3) is 0 Å². The Bertz CT molecular complexity index is 314. The second-order valence-electron chi connectivity index (χ2n) is 4.87. The van der Waals surface area contributed by atoms with E-state index < -0.39 is 0 Å². The molecule has 2 rings (SSSR count). The summed E-state index contributed by atoms with van der Waals surface area (Å²) >= 11 is 5.90. The summed E-state index contributed by atoms with van der Waals surface area (Å²) in [4.78, 5) is 0. The third-order valence-corrected chi connectivity index (χ3v) is 3.97. The minimum absolute atomic E-state index is 0.514. The third kappa shape index (κ3) is 2.99. The van der Waals surface area contributed by atoms with Crippen LogP contribution >= 0.6 is 11.6 Å². The molecular weight excluding hydrogens is 218 g/mol. The average molecular weight is 238 g/mol. The fourth-order valence-corrected chi connectivity index (χ4v) is 2.88. The molecule has 1 aliphatic rings. The zero-order chi connectivity index (χ0) is 11.4. The van der Waals surface area contributed by atoms with Crippen LogP contribution < -0.4 is 5.73 Å². The fraction of sp³-hybridized carbons (Fsp3) is 0.571. The van der Waals surface area contributed by atoms with Gasteiger partial charge in [0.1, 0.15) is 0 Å². The summed E-state index contributed by atoms with van der Waals surface area (Å²) in [7, 11) is 0. The van der Waals surface area contributed by atoms with Crippen LogP contribution in [0.3, 0.4) is 0 Å². The van der Waals surface area contributed by atoms with Crippen LogP contribution in [0, 0.1) is 5.92 Å². The summed E-state index contributed by atoms with van der Waals surface area (Å²) in [5.41, 5.74) is 7.23. The van der Waals surface area contributed by atoms with Gasteiger partial charge in [0.05, 0.1) is 0 Å². The fourth-order valence-electron chi connectivity index (χ4n) is 2.75. The molecule has 2 heteroatoms. The Balaban J connectivity index is 2.00. The summed E-state index contributed by atoms with van der Waals surface area (Å²) in [6, 6.07) is 8.17. The Labute approximate surface area is 103 Å². The van der Waals surface area contributed by atoms with E-state index in [1.807, 2.05) is 12.1 Å². The molecule has 0 aliphatic heterocycles. The largest absolute Gasteiger partial charge is 0.330 e. The normalized spacial score (nSPS) is 18.9. The highest BCUT2D eigenvalue weighted by Gasteiger charge is 2.20. The molecule has 88 valence electrons. The molecular formula is C14H20ClN. The highest BCUT2D eigenvalue weighted by Crippen LogP contribution is 2.33. The van der Waals surface area contributed by atoms with Crippen molar-refractivity contribution in [2.24, 2.45) is 11.7 Å². The van der Waals surface area contributed by atoms with E-state index in [1.165, 1.54) is 37.7 Å². The molecule has 1 aromatic carbocycles. The molecule has 1 fully saturated rings. The van der Waals surface area contributed by atoms with E-state index in [-0.39, 0.29) is 0 Å². The first-order valence-electron chi connectivity index (χ1n) is 6.25. The summed E-state index contributed by atoms with van der Waals surface area (Å²) in [5.74, 6) is 1.41. The Morgan fingerprint density at radius 3 is 2.38 bits per heavy atom. The zero-order valence-electron chi connectivity index (χ0n) is 9.66. The van der Waals surface area contributed by atoms with Gasteiger partial charge in [-0.05, 0) is 42.5 Å². The van der Waals surface area contributed by atoms with E-state index in [0.29, 0.717) is 5.92 Å². The quantitative estimate of drug-likeness (QED) is 0.843. The predicted molar refractivity (Wildman–Crippen MR) is 69.8 cm³/mol. The van der Waals surface area contributed by atoms with Crippen LogP contribution in [0.1, 0.15) is 43.6 Å². The van der Waals surface area contributed by atoms with Crippen LogP contribution in [0.2, 0.25) is 5.02 Å². The van der Waals surface area contributed by atoms with Gasteiger partial charge in [0, 0.05) is 5.02 Å². The van der Waals surface area contributed by atoms with E-state index in [1.54, 1.807) is 0 Å². The average Bonchev–Trinajstić information content (AvgIpc) is 2.80. The van der Waals surface area contributed by atoms with E-state index >= 15 is 0 Å². The van der Waals surface area contributed by atoms with E-state index in [0.717, 1.165) is 17.5 Å². The van der Waals surface area contributed by atoms with Crippen molar-refractivity contribution >= 4 is 11.6 Å². The van der Waals surface area contributed by atoms with Crippen LogP contribution in [-0.2, 0) is 0 Å². The maximum Gasteiger partial charge on any atom is 0.0406 e. The lowest BCUT2D eigenvalue weighted by molar-refractivity contribution is 0.448. The summed E-state index contributed by atoms with van der Waals surface area (Å²) in [5, 5.41) is 0.806. The number of hydrogen-bond acceptors (Lipinski definition) is 1. The van der Waals surface area contributed by atoms with Crippen LogP contribution in [-0.4, -0.2) is 6.54 Å². The second-order valence-corrected chi connectivity index (χ2v) is 5.31. The van der Waals surface area contributed by atoms with Crippen molar-refractivity contribution in [3.05, 3.63) is 34.9 Å². The van der Waals surface area contributed by atoms with Crippen LogP contribution in [0.15, 0.2) is 24.3 Å². The topological polar surface area (TPSA) is 26.0 Å². The van der Waals surface area contributed by atoms with Gasteiger partial charge in [-0.1, -0.05) is 49.4 Å². The van der Waals surface area contributed by atoms with Gasteiger partial charge in [0.15, 0.2) is 0 Å². The van der Waals surface area contributed by atoms with Gasteiger partial charge in [-0.3, -0.25) is 0 Å². The molecule has 0 heterocycles. The molecule has 16 heavy (non-hydrogen) atoms. The number of benzene rings is 1. The van der Waals surface area contributed by atoms with E-state index in [9.17, 15) is 0 Å². The highest BCUT2D eigenvalue weighted by molar-refractivity contribution is 6.30. The monoisotopic (exact) mass is 237 g/mol. The Hall–Kier alpha value is -0.530. The van der Waals surface area contributed by atoms with Crippen LogP contribution in [0.5, 0.6) is 0 Å². The number of halogens is 1. The standard InChI is InChI=1S/C14H20ClN/c15-14-7-5-12(6-8-14)13(10-16)9-11-3-1-2-4-11/h5-8,11,13H,1-4,9-10,16H2. The molecule has 0 aromatic heterocycles. The van der Waals surface area contributed by atoms with Crippen LogP contribution in [0.25, 0.3) is 0 Å². The van der Waals surface area contributed by atoms with Crippen molar-refractivity contribution in [3.8, 4) is 0 Å². The lowest BCUT2D eigenvalue weighted by Gasteiger charge is -2.19. The first-order valence-corrected chi connectivity index (χ1v) is 6.63. The smallest absolute Gasteiger partial charge is 0.0406 e. The second kappa shape index (κ2) is 5.70. The van der Waals surface area contributed by atoms with Crippen molar-refractivity contribution < 1.29 is 0 Å². The maximum absolute atomic E-state index is 5.90. The van der Waals surface area contributed by atoms with Crippen molar-refractivity contribution in [2.75, 3.05) is 6.54 Å². The van der Waals surface area contributed by atoms with E-state index in [2.05, 4.69) is 12.1 Å². The molecule has 1 nitrogen and oxygen atoms in total. The van der Waals surface area contributed by atoms with Crippen molar-refractivity contribution in [2.45, 2.75) is 38.0 Å². The van der Waals surface area contributed by atoms with Crippen molar-refractivity contribution in [1.82, 2.24) is 0 Å². The molecule has 1 aliphatic carbocycles. The first-order chi connectivity index (χ1) is 7.79. The zero-order valence-corrected chi connectivity index (χ0v) is 10.4. The van der Waals surface area contributed by atoms with Gasteiger partial charge in [0.2, 0.25) is 0 Å². The van der Waals surface area contributed by atoms with Gasteiger partial charge >= 0.3 is 0 Å². The van der Waals surface area contributed by atoms with Crippen LogP contribution in [0.4, 0.5) is 0 Å². The Morgan fingerprint density at radius 1 is 1.19 bits per heavy atom. The molecule has 1 unspecified atom stereocenters. The molecule has 0 spiro atoms. The molecule has 0 saturated heterocycles. The molecule has 1 atom stereocenters. The van der Waals surface area contributed by atoms with Crippen molar-refractivity contribution in [3.63, 3.8) is 0 Å². The predicted octanol–water partition coefficient (Wildman–Crippen LogP) is 3.96. The minimum Gasteiger partial charge on any atom is -0.330 e. The first kappa shape index (κ1) is 11.9. The van der Waals surface area contributed by atoms with Gasteiger partial charge in [-0.2, -0.15) is 0 Å². The lowest BCUT2D eigenvalue weighted by atomic mass is 9.88. The van der Waals surface area contributed by atoms with Gasteiger partial charge in [-0.25, -0.2) is 0 Å². The Kier molecular flexibility index (Phi) is 4.25. The molecule has 0 radical (unpaired) electrons. The third-order valence-electron chi connectivity index (χ3n) is 3.72. The minimum atomic E-state index is 0.514. The summed E-state index contributed by atoms with van der Waals surface area (Å²) < 4.78 is 0. The molecule has 1 aromatic rings. The van der Waals surface area contributed by atoms with Gasteiger partial charge < -0.3 is 5.73 Å². The molecule has 0 amide bonds.